The van der Waals surface area contributed by atoms with Crippen LogP contribution in [-0.2, 0) is 18.9 Å². The average molecular weight is 840 g/mol. The lowest BCUT2D eigenvalue weighted by Gasteiger charge is -2.27. The second kappa shape index (κ2) is 16.9. The van der Waals surface area contributed by atoms with Gasteiger partial charge in [0.2, 0.25) is 0 Å². The molecule has 0 unspecified atom stereocenters. The Bertz CT molecular complexity index is 2670. The highest BCUT2D eigenvalue weighted by Gasteiger charge is 2.36. The number of anilines is 1. The van der Waals surface area contributed by atoms with Gasteiger partial charge >= 0.3 is 30.1 Å². The maximum Gasteiger partial charge on any atom is 0.514 e. The highest BCUT2D eigenvalue weighted by molar-refractivity contribution is 6.23. The molecule has 5 aromatic rings. The Morgan fingerprint density at radius 1 is 0.672 bits per heavy atom. The molecule has 0 saturated heterocycles. The maximum absolute atomic E-state index is 15.2. The van der Waals surface area contributed by atoms with Crippen LogP contribution in [0.5, 0.6) is 11.5 Å². The van der Waals surface area contributed by atoms with Gasteiger partial charge in [0.1, 0.15) is 33.9 Å². The summed E-state index contributed by atoms with van der Waals surface area (Å²) in [4.78, 5) is 83.7. The smallest absolute Gasteiger partial charge is 0.494 e. The molecule has 0 N–H and O–H groups in total. The molecule has 322 valence electrons. The number of aromatic nitrogens is 2. The van der Waals surface area contributed by atoms with E-state index in [1.807, 2.05) is 13.8 Å². The minimum absolute atomic E-state index is 0.0823. The Labute approximate surface area is 351 Å². The van der Waals surface area contributed by atoms with Gasteiger partial charge in [0.15, 0.2) is 5.75 Å². The van der Waals surface area contributed by atoms with Gasteiger partial charge in [0.25, 0.3) is 5.91 Å². The number of rotatable bonds is 6. The van der Waals surface area contributed by atoms with Gasteiger partial charge < -0.3 is 28.4 Å². The van der Waals surface area contributed by atoms with E-state index in [2.05, 4.69) is 10.2 Å². The third-order valence-electron chi connectivity index (χ3n) is 8.63. The Balaban J connectivity index is 1.83. The first kappa shape index (κ1) is 45.1. The number of hydrogen-bond donors (Lipinski definition) is 0. The summed E-state index contributed by atoms with van der Waals surface area (Å²) in [5, 5.41) is 9.85. The number of aryl methyl sites for hydroxylation is 2. The summed E-state index contributed by atoms with van der Waals surface area (Å²) < 4.78 is 34.1. The molecule has 0 aliphatic heterocycles. The molecule has 5 rings (SSSR count). The molecule has 0 atom stereocenters. The van der Waals surface area contributed by atoms with Crippen LogP contribution < -0.4 is 20.1 Å². The van der Waals surface area contributed by atoms with Crippen molar-refractivity contribution in [3.63, 3.8) is 0 Å². The van der Waals surface area contributed by atoms with Gasteiger partial charge in [-0.05, 0) is 129 Å². The van der Waals surface area contributed by atoms with E-state index >= 15 is 4.79 Å². The van der Waals surface area contributed by atoms with Crippen molar-refractivity contribution in [1.82, 2.24) is 9.13 Å². The van der Waals surface area contributed by atoms with Gasteiger partial charge in [0, 0.05) is 5.39 Å². The Hall–Kier alpha value is -7.04. The van der Waals surface area contributed by atoms with Gasteiger partial charge in [-0.15, -0.1) is 10.2 Å². The molecule has 1 heterocycles. The predicted octanol–water partition coefficient (Wildman–Crippen LogP) is 10.3. The third-order valence-corrected chi connectivity index (χ3v) is 8.63. The van der Waals surface area contributed by atoms with E-state index in [0.717, 1.165) is 24.3 Å². The van der Waals surface area contributed by atoms with Crippen LogP contribution in [0.15, 0.2) is 75.7 Å². The molecule has 0 aliphatic rings. The van der Waals surface area contributed by atoms with Crippen molar-refractivity contribution >= 4 is 69.2 Å². The van der Waals surface area contributed by atoms with Crippen molar-refractivity contribution < 1.29 is 52.4 Å². The number of ether oxygens (including phenoxy) is 6. The van der Waals surface area contributed by atoms with Crippen LogP contribution >= 0.6 is 0 Å². The van der Waals surface area contributed by atoms with Crippen LogP contribution in [-0.4, -0.2) is 70.5 Å². The monoisotopic (exact) mass is 839 g/mol. The predicted molar refractivity (Wildman–Crippen MR) is 226 cm³/mol. The highest BCUT2D eigenvalue weighted by atomic mass is 16.7. The van der Waals surface area contributed by atoms with E-state index in [9.17, 15) is 24.0 Å². The van der Waals surface area contributed by atoms with Gasteiger partial charge in [0.05, 0.1) is 36.5 Å². The van der Waals surface area contributed by atoms with Crippen molar-refractivity contribution in [2.45, 2.75) is 93.0 Å². The molecule has 4 aromatic carbocycles. The lowest BCUT2D eigenvalue weighted by molar-refractivity contribution is 0.0206. The topological polar surface area (TPSA) is 196 Å². The van der Waals surface area contributed by atoms with Crippen LogP contribution in [0.4, 0.5) is 36.2 Å². The fraction of sp³-hybridized carbons (Fsp3) is 0.364. The molecular weight excluding hydrogens is 791 g/mol. The average Bonchev–Trinajstić information content (AvgIpc) is 3.43. The number of fused-ring (bicyclic) bond motifs is 2. The summed E-state index contributed by atoms with van der Waals surface area (Å²) in [7, 11) is 2.51. The quantitative estimate of drug-likeness (QED) is 0.0680. The van der Waals surface area contributed by atoms with Gasteiger partial charge in [-0.3, -0.25) is 4.79 Å². The second-order valence-electron chi connectivity index (χ2n) is 16.9. The minimum Gasteiger partial charge on any atom is -0.494 e. The van der Waals surface area contributed by atoms with Crippen molar-refractivity contribution in [2.24, 2.45) is 10.2 Å². The number of carbonyl (C=O) groups is 5. The SMILES string of the molecule is COC(=O)n1c(=O)n(C(=O)OC(C)(C)C)c2ccc(N(C(=O)OC(C)(C)C)C(=O)c3cc4ccccc4c(N=Nc4cc(C)c(C)cc4OC)c3OC(=O)OC(C)(C)C)cc21. The zero-order valence-corrected chi connectivity index (χ0v) is 36.4. The summed E-state index contributed by atoms with van der Waals surface area (Å²) in [5.74, 6) is -1.13. The lowest BCUT2D eigenvalue weighted by atomic mass is 10.0. The molecule has 17 nitrogen and oxygen atoms in total. The standard InChI is InChI=1S/C44H49N5O12/c1-24-20-30(33(56-12)21-25(24)2)45-46-34-28-17-15-14-16-26(28)22-29(35(34)58-41(55)61-44(9,10)11)36(50)47(39(53)59-42(3,4)5)27-18-19-31-32(23-27)49(38(52)57-13)37(51)48(31)40(54)60-43(6,7)8/h14-23H,1-13H3. The Kier molecular flexibility index (Phi) is 12.5. The number of benzene rings is 4. The molecule has 1 aromatic heterocycles. The van der Waals surface area contributed by atoms with Crippen LogP contribution in [0.2, 0.25) is 0 Å². The van der Waals surface area contributed by atoms with Crippen LogP contribution in [0.3, 0.4) is 0 Å². The molecule has 0 aliphatic carbocycles. The van der Waals surface area contributed by atoms with Crippen LogP contribution in [0.1, 0.15) is 83.8 Å². The zero-order chi connectivity index (χ0) is 45.4. The number of hydrogen-bond acceptors (Lipinski definition) is 14. The third kappa shape index (κ3) is 10.1. The summed E-state index contributed by atoms with van der Waals surface area (Å²) in [5.41, 5.74) is -3.23. The first-order valence-corrected chi connectivity index (χ1v) is 19.0. The summed E-state index contributed by atoms with van der Waals surface area (Å²) in [6, 6.07) is 15.4. The largest absolute Gasteiger partial charge is 0.514 e. The highest BCUT2D eigenvalue weighted by Crippen LogP contribution is 2.43. The lowest BCUT2D eigenvalue weighted by Crippen LogP contribution is -2.41. The normalized spacial score (nSPS) is 12.0. The summed E-state index contributed by atoms with van der Waals surface area (Å²) in [6.07, 6.45) is -4.68. The molecule has 17 heteroatoms. The maximum atomic E-state index is 15.2. The van der Waals surface area contributed by atoms with Crippen molar-refractivity contribution in [3.05, 3.63) is 87.8 Å². The zero-order valence-electron chi connectivity index (χ0n) is 36.4. The fourth-order valence-corrected chi connectivity index (χ4v) is 5.96. The van der Waals surface area contributed by atoms with Crippen LogP contribution in [0, 0.1) is 13.8 Å². The number of methoxy groups -OCH3 is 2. The van der Waals surface area contributed by atoms with Crippen molar-refractivity contribution in [2.75, 3.05) is 19.1 Å². The molecule has 61 heavy (non-hydrogen) atoms. The summed E-state index contributed by atoms with van der Waals surface area (Å²) in [6.45, 7) is 18.2. The second-order valence-corrected chi connectivity index (χ2v) is 16.9. The first-order valence-electron chi connectivity index (χ1n) is 19.0. The number of imide groups is 1. The number of amides is 2. The Morgan fingerprint density at radius 3 is 1.89 bits per heavy atom. The molecular formula is C44H49N5O12. The number of nitrogens with zero attached hydrogens (tertiary/aromatic N) is 5. The molecule has 0 saturated carbocycles. The molecule has 0 fully saturated rings. The minimum atomic E-state index is -1.20. The van der Waals surface area contributed by atoms with E-state index < -0.39 is 58.6 Å². The van der Waals surface area contributed by atoms with E-state index in [1.165, 1.54) is 25.3 Å². The summed E-state index contributed by atoms with van der Waals surface area (Å²) >= 11 is 0. The number of azo groups is 1. The van der Waals surface area contributed by atoms with Gasteiger partial charge in [-0.1, -0.05) is 24.3 Å². The van der Waals surface area contributed by atoms with Crippen LogP contribution in [0.25, 0.3) is 21.8 Å². The Morgan fingerprint density at radius 2 is 1.28 bits per heavy atom. The first-order chi connectivity index (χ1) is 28.3. The van der Waals surface area contributed by atoms with Crippen molar-refractivity contribution in [3.8, 4) is 11.5 Å². The molecule has 0 radical (unpaired) electrons. The van der Waals surface area contributed by atoms with Gasteiger partial charge in [-0.2, -0.15) is 9.13 Å². The van der Waals surface area contributed by atoms with E-state index in [4.69, 9.17) is 28.4 Å². The van der Waals surface area contributed by atoms with Gasteiger partial charge in [-0.25, -0.2) is 28.9 Å². The van der Waals surface area contributed by atoms with E-state index in [0.29, 0.717) is 36.2 Å². The fourth-order valence-electron chi connectivity index (χ4n) is 5.96. The molecule has 2 amide bonds. The molecule has 0 spiro atoms. The van der Waals surface area contributed by atoms with Crippen molar-refractivity contribution in [1.29, 1.82) is 0 Å². The molecule has 0 bridgehead atoms. The van der Waals surface area contributed by atoms with E-state index in [1.54, 1.807) is 98.7 Å². The number of carbonyl (C=O) groups excluding carboxylic acids is 5. The van der Waals surface area contributed by atoms with E-state index in [-0.39, 0.29) is 28.0 Å². The number of imidazole rings is 1.